The lowest BCUT2D eigenvalue weighted by molar-refractivity contribution is 0.564. The molecule has 2 atom stereocenters. The molecule has 2 aromatic rings. The van der Waals surface area contributed by atoms with E-state index in [4.69, 9.17) is 0 Å². The van der Waals surface area contributed by atoms with Gasteiger partial charge in [0.15, 0.2) is 0 Å². The molecular weight excluding hydrogens is 280 g/mol. The Morgan fingerprint density at radius 2 is 1.48 bits per heavy atom. The van der Waals surface area contributed by atoms with Crippen LogP contribution in [0.1, 0.15) is 87.7 Å². The van der Waals surface area contributed by atoms with E-state index in [0.717, 1.165) is 6.42 Å². The third kappa shape index (κ3) is 4.89. The summed E-state index contributed by atoms with van der Waals surface area (Å²) in [6.07, 6.45) is 7.26. The summed E-state index contributed by atoms with van der Waals surface area (Å²) < 4.78 is 0. The number of pyridine rings is 2. The maximum atomic E-state index is 4.59. The molecule has 124 valence electrons. The molecule has 0 aliphatic heterocycles. The highest BCUT2D eigenvalue weighted by Gasteiger charge is 2.13. The molecule has 2 nitrogen and oxygen atoms in total. The van der Waals surface area contributed by atoms with E-state index in [1.807, 2.05) is 12.4 Å². The fraction of sp³-hybridized carbons (Fsp3) is 0.524. The van der Waals surface area contributed by atoms with Gasteiger partial charge in [-0.1, -0.05) is 34.6 Å². The zero-order valence-electron chi connectivity index (χ0n) is 15.2. The predicted molar refractivity (Wildman–Crippen MR) is 98.0 cm³/mol. The van der Waals surface area contributed by atoms with Gasteiger partial charge in [0, 0.05) is 23.8 Å². The Hall–Kier alpha value is -1.70. The monoisotopic (exact) mass is 310 g/mol. The Kier molecular flexibility index (Phi) is 6.32. The van der Waals surface area contributed by atoms with Crippen LogP contribution in [0.15, 0.2) is 36.7 Å². The molecule has 0 spiro atoms. The predicted octanol–water partition coefficient (Wildman–Crippen LogP) is 5.85. The van der Waals surface area contributed by atoms with Gasteiger partial charge in [0.2, 0.25) is 0 Å². The van der Waals surface area contributed by atoms with E-state index in [0.29, 0.717) is 17.8 Å². The minimum atomic E-state index is 0.503. The first-order valence-electron chi connectivity index (χ1n) is 8.91. The number of hydrogen-bond acceptors (Lipinski definition) is 2. The van der Waals surface area contributed by atoms with Crippen LogP contribution in [-0.2, 0) is 6.42 Å². The zero-order valence-corrected chi connectivity index (χ0v) is 15.2. The number of aromatic nitrogens is 2. The van der Waals surface area contributed by atoms with Crippen LogP contribution in [0.25, 0.3) is 0 Å². The molecule has 0 aliphatic rings. The highest BCUT2D eigenvalue weighted by Crippen LogP contribution is 2.28. The fourth-order valence-corrected chi connectivity index (χ4v) is 2.91. The minimum Gasteiger partial charge on any atom is -0.261 e. The summed E-state index contributed by atoms with van der Waals surface area (Å²) in [6.45, 7) is 11.2. The van der Waals surface area contributed by atoms with Crippen molar-refractivity contribution in [3.63, 3.8) is 0 Å². The highest BCUT2D eigenvalue weighted by atomic mass is 14.7. The lowest BCUT2D eigenvalue weighted by Gasteiger charge is -2.17. The van der Waals surface area contributed by atoms with Gasteiger partial charge in [-0.25, -0.2) is 0 Å². The molecule has 2 unspecified atom stereocenters. The minimum absolute atomic E-state index is 0.503. The number of hydrogen-bond donors (Lipinski definition) is 0. The Balaban J connectivity index is 1.98. The van der Waals surface area contributed by atoms with E-state index in [-0.39, 0.29) is 0 Å². The molecule has 2 aromatic heterocycles. The Bertz CT molecular complexity index is 619. The summed E-state index contributed by atoms with van der Waals surface area (Å²) in [5.74, 6) is 1.63. The molecule has 2 heteroatoms. The van der Waals surface area contributed by atoms with E-state index in [2.05, 4.69) is 68.9 Å². The lowest BCUT2D eigenvalue weighted by Crippen LogP contribution is -2.03. The summed E-state index contributed by atoms with van der Waals surface area (Å²) in [4.78, 5) is 8.99. The van der Waals surface area contributed by atoms with Gasteiger partial charge >= 0.3 is 0 Å². The largest absolute Gasteiger partial charge is 0.261 e. The molecule has 0 fully saturated rings. The lowest BCUT2D eigenvalue weighted by atomic mass is 9.90. The van der Waals surface area contributed by atoms with Crippen molar-refractivity contribution >= 4 is 0 Å². The molecule has 2 rings (SSSR count). The first kappa shape index (κ1) is 17.7. The van der Waals surface area contributed by atoms with E-state index >= 15 is 0 Å². The quantitative estimate of drug-likeness (QED) is 0.641. The zero-order chi connectivity index (χ0) is 16.8. The van der Waals surface area contributed by atoms with Crippen molar-refractivity contribution in [1.29, 1.82) is 0 Å². The Labute approximate surface area is 141 Å². The summed E-state index contributed by atoms with van der Waals surface area (Å²) in [7, 11) is 0. The van der Waals surface area contributed by atoms with Gasteiger partial charge in [0.1, 0.15) is 0 Å². The van der Waals surface area contributed by atoms with E-state index in [9.17, 15) is 0 Å². The van der Waals surface area contributed by atoms with Gasteiger partial charge in [0.05, 0.1) is 0 Å². The topological polar surface area (TPSA) is 25.8 Å². The van der Waals surface area contributed by atoms with Crippen molar-refractivity contribution in [3.8, 4) is 0 Å². The van der Waals surface area contributed by atoms with Crippen LogP contribution < -0.4 is 0 Å². The first-order chi connectivity index (χ1) is 11.0. The molecule has 0 N–H and O–H groups in total. The number of rotatable bonds is 7. The maximum absolute atomic E-state index is 4.59. The van der Waals surface area contributed by atoms with Crippen LogP contribution in [0.3, 0.4) is 0 Å². The van der Waals surface area contributed by atoms with Crippen LogP contribution in [-0.4, -0.2) is 9.97 Å². The second kappa shape index (κ2) is 8.24. The SMILES string of the molecule is CCc1cc(C(C)CCC(C)c2cc(C(C)C)ccn2)ccn1. The highest BCUT2D eigenvalue weighted by molar-refractivity contribution is 5.22. The van der Waals surface area contributed by atoms with Crippen LogP contribution in [0.2, 0.25) is 0 Å². The van der Waals surface area contributed by atoms with Gasteiger partial charge in [-0.05, 0) is 72.4 Å². The van der Waals surface area contributed by atoms with Crippen molar-refractivity contribution in [2.45, 2.75) is 71.6 Å². The first-order valence-corrected chi connectivity index (χ1v) is 8.91. The smallest absolute Gasteiger partial charge is 0.0434 e. The van der Waals surface area contributed by atoms with E-state index in [1.165, 1.54) is 35.4 Å². The molecule has 2 heterocycles. The molecule has 0 aromatic carbocycles. The molecule has 0 saturated heterocycles. The van der Waals surface area contributed by atoms with Crippen LogP contribution in [0, 0.1) is 0 Å². The van der Waals surface area contributed by atoms with Gasteiger partial charge < -0.3 is 0 Å². The molecule has 23 heavy (non-hydrogen) atoms. The van der Waals surface area contributed by atoms with Gasteiger partial charge in [-0.15, -0.1) is 0 Å². The Morgan fingerprint density at radius 1 is 0.826 bits per heavy atom. The van der Waals surface area contributed by atoms with Crippen molar-refractivity contribution < 1.29 is 0 Å². The third-order valence-electron chi connectivity index (χ3n) is 4.78. The summed E-state index contributed by atoms with van der Waals surface area (Å²) in [5, 5.41) is 0. The fourth-order valence-electron chi connectivity index (χ4n) is 2.91. The van der Waals surface area contributed by atoms with Crippen molar-refractivity contribution in [2.75, 3.05) is 0 Å². The van der Waals surface area contributed by atoms with Gasteiger partial charge in [-0.3, -0.25) is 9.97 Å². The van der Waals surface area contributed by atoms with Gasteiger partial charge in [0.25, 0.3) is 0 Å². The summed E-state index contributed by atoms with van der Waals surface area (Å²) in [6, 6.07) is 8.83. The molecular formula is C21H30N2. The molecule has 0 radical (unpaired) electrons. The van der Waals surface area contributed by atoms with Crippen LogP contribution in [0.4, 0.5) is 0 Å². The second-order valence-corrected chi connectivity index (χ2v) is 6.98. The van der Waals surface area contributed by atoms with Crippen molar-refractivity contribution in [2.24, 2.45) is 0 Å². The maximum Gasteiger partial charge on any atom is 0.0434 e. The molecule has 0 amide bonds. The van der Waals surface area contributed by atoms with Gasteiger partial charge in [-0.2, -0.15) is 0 Å². The molecule has 0 aliphatic carbocycles. The average Bonchev–Trinajstić information content (AvgIpc) is 2.59. The second-order valence-electron chi connectivity index (χ2n) is 6.98. The van der Waals surface area contributed by atoms with E-state index in [1.54, 1.807) is 0 Å². The number of nitrogens with zero attached hydrogens (tertiary/aromatic N) is 2. The third-order valence-corrected chi connectivity index (χ3v) is 4.78. The van der Waals surface area contributed by atoms with E-state index < -0.39 is 0 Å². The van der Waals surface area contributed by atoms with Crippen LogP contribution in [0.5, 0.6) is 0 Å². The summed E-state index contributed by atoms with van der Waals surface area (Å²) in [5.41, 5.74) is 5.21. The Morgan fingerprint density at radius 3 is 2.17 bits per heavy atom. The average molecular weight is 310 g/mol. The molecule has 0 bridgehead atoms. The summed E-state index contributed by atoms with van der Waals surface area (Å²) >= 11 is 0. The number of aryl methyl sites for hydroxylation is 1. The normalized spacial score (nSPS) is 14.0. The van der Waals surface area contributed by atoms with Crippen molar-refractivity contribution in [3.05, 3.63) is 59.2 Å². The van der Waals surface area contributed by atoms with Crippen molar-refractivity contribution in [1.82, 2.24) is 9.97 Å². The molecule has 0 saturated carbocycles. The standard InChI is InChI=1S/C21H30N2/c1-6-20-13-19(10-11-22-20)16(4)7-8-17(5)21-14-18(15(2)3)9-12-23-21/h9-17H,6-8H2,1-5H3. The van der Waals surface area contributed by atoms with Crippen LogP contribution >= 0.6 is 0 Å².